The fourth-order valence-corrected chi connectivity index (χ4v) is 1.76. The predicted molar refractivity (Wildman–Crippen MR) is 60.7 cm³/mol. The molecule has 2 N–H and O–H groups in total. The molecule has 1 aromatic heterocycles. The van der Waals surface area contributed by atoms with Crippen LogP contribution in [0.5, 0.6) is 0 Å². The van der Waals surface area contributed by atoms with Crippen LogP contribution in [-0.2, 0) is 11.3 Å². The molecular weight excluding hydrogens is 240 g/mol. The summed E-state index contributed by atoms with van der Waals surface area (Å²) >= 11 is 0. The Labute approximate surface area is 103 Å². The van der Waals surface area contributed by atoms with Gasteiger partial charge in [0.1, 0.15) is 6.54 Å². The molecule has 18 heavy (non-hydrogen) atoms. The summed E-state index contributed by atoms with van der Waals surface area (Å²) in [5.74, 6) is -0.617. The van der Waals surface area contributed by atoms with Crippen molar-refractivity contribution in [3.63, 3.8) is 0 Å². The fourth-order valence-electron chi connectivity index (χ4n) is 1.76. The normalized spacial score (nSPS) is 16.9. The van der Waals surface area contributed by atoms with E-state index in [0.717, 1.165) is 6.42 Å². The van der Waals surface area contributed by atoms with Crippen molar-refractivity contribution in [2.75, 3.05) is 6.54 Å². The van der Waals surface area contributed by atoms with Crippen molar-refractivity contribution in [1.82, 2.24) is 15.1 Å². The standard InChI is InChI=1S/C10H14N4O4/c15-9(11-7-10(16)3-1-4-10)6-13-5-2-8(12-13)14(17)18/h2,5,16H,1,3-4,6-7H2,(H,11,15). The summed E-state index contributed by atoms with van der Waals surface area (Å²) in [6, 6.07) is 1.23. The van der Waals surface area contributed by atoms with Crippen molar-refractivity contribution < 1.29 is 14.8 Å². The van der Waals surface area contributed by atoms with E-state index in [0.29, 0.717) is 12.8 Å². The average molecular weight is 254 g/mol. The van der Waals surface area contributed by atoms with Crippen LogP contribution in [0.4, 0.5) is 5.82 Å². The molecule has 0 saturated heterocycles. The number of carbonyl (C=O) groups excluding carboxylic acids is 1. The quantitative estimate of drug-likeness (QED) is 0.559. The highest BCUT2D eigenvalue weighted by molar-refractivity contribution is 5.75. The first-order valence-electron chi connectivity index (χ1n) is 5.65. The number of nitrogens with one attached hydrogen (secondary N) is 1. The number of hydrogen-bond donors (Lipinski definition) is 2. The molecule has 0 bridgehead atoms. The van der Waals surface area contributed by atoms with Gasteiger partial charge in [-0.1, -0.05) is 0 Å². The van der Waals surface area contributed by atoms with Crippen LogP contribution >= 0.6 is 0 Å². The highest BCUT2D eigenvalue weighted by atomic mass is 16.6. The number of aliphatic hydroxyl groups is 1. The number of carbonyl (C=O) groups is 1. The van der Waals surface area contributed by atoms with Crippen molar-refractivity contribution in [3.8, 4) is 0 Å². The van der Waals surface area contributed by atoms with Crippen LogP contribution in [0.3, 0.4) is 0 Å². The third-order valence-electron chi connectivity index (χ3n) is 3.02. The topological polar surface area (TPSA) is 110 Å². The molecule has 2 rings (SSSR count). The zero-order valence-electron chi connectivity index (χ0n) is 9.70. The van der Waals surface area contributed by atoms with Crippen LogP contribution in [0.1, 0.15) is 19.3 Å². The van der Waals surface area contributed by atoms with Crippen molar-refractivity contribution >= 4 is 11.7 Å². The largest absolute Gasteiger partial charge is 0.389 e. The minimum Gasteiger partial charge on any atom is -0.388 e. The van der Waals surface area contributed by atoms with Crippen LogP contribution in [0, 0.1) is 10.1 Å². The molecule has 0 spiro atoms. The summed E-state index contributed by atoms with van der Waals surface area (Å²) in [6.45, 7) is 0.124. The summed E-state index contributed by atoms with van der Waals surface area (Å²) in [7, 11) is 0. The molecule has 1 saturated carbocycles. The van der Waals surface area contributed by atoms with Crippen LogP contribution in [0.15, 0.2) is 12.3 Å². The van der Waals surface area contributed by atoms with Gasteiger partial charge in [-0.05, 0) is 24.2 Å². The zero-order chi connectivity index (χ0) is 13.2. The van der Waals surface area contributed by atoms with E-state index in [-0.39, 0.29) is 24.8 Å². The highest BCUT2D eigenvalue weighted by Gasteiger charge is 2.34. The number of hydrogen-bond acceptors (Lipinski definition) is 5. The first-order valence-corrected chi connectivity index (χ1v) is 5.65. The number of nitro groups is 1. The first kappa shape index (κ1) is 12.5. The Morgan fingerprint density at radius 3 is 2.89 bits per heavy atom. The molecular formula is C10H14N4O4. The molecule has 98 valence electrons. The summed E-state index contributed by atoms with van der Waals surface area (Å²) in [4.78, 5) is 21.3. The third kappa shape index (κ3) is 2.83. The molecule has 0 aromatic carbocycles. The first-order chi connectivity index (χ1) is 8.48. The molecule has 0 atom stereocenters. The Kier molecular flexibility index (Phi) is 3.28. The number of aromatic nitrogens is 2. The van der Waals surface area contributed by atoms with E-state index >= 15 is 0 Å². The molecule has 8 nitrogen and oxygen atoms in total. The van der Waals surface area contributed by atoms with E-state index in [1.54, 1.807) is 0 Å². The monoisotopic (exact) mass is 254 g/mol. The van der Waals surface area contributed by atoms with Gasteiger partial charge in [0.05, 0.1) is 23.0 Å². The summed E-state index contributed by atoms with van der Waals surface area (Å²) in [6.07, 6.45) is 3.73. The van der Waals surface area contributed by atoms with E-state index in [9.17, 15) is 20.0 Å². The van der Waals surface area contributed by atoms with Crippen molar-refractivity contribution in [2.45, 2.75) is 31.4 Å². The number of amides is 1. The van der Waals surface area contributed by atoms with E-state index < -0.39 is 10.5 Å². The maximum Gasteiger partial charge on any atom is 0.389 e. The molecule has 1 fully saturated rings. The highest BCUT2D eigenvalue weighted by Crippen LogP contribution is 2.30. The van der Waals surface area contributed by atoms with E-state index in [1.807, 2.05) is 0 Å². The van der Waals surface area contributed by atoms with E-state index in [1.165, 1.54) is 16.9 Å². The van der Waals surface area contributed by atoms with E-state index in [2.05, 4.69) is 10.4 Å². The average Bonchev–Trinajstić information content (AvgIpc) is 2.72. The van der Waals surface area contributed by atoms with Gasteiger partial charge in [0.15, 0.2) is 0 Å². The lowest BCUT2D eigenvalue weighted by molar-refractivity contribution is -0.389. The lowest BCUT2D eigenvalue weighted by atomic mass is 9.80. The van der Waals surface area contributed by atoms with Gasteiger partial charge in [-0.15, -0.1) is 0 Å². The molecule has 0 unspecified atom stereocenters. The number of rotatable bonds is 5. The summed E-state index contributed by atoms with van der Waals surface area (Å²) < 4.78 is 1.19. The van der Waals surface area contributed by atoms with Crippen LogP contribution < -0.4 is 5.32 Å². The molecule has 1 aliphatic carbocycles. The molecule has 8 heteroatoms. The van der Waals surface area contributed by atoms with Crippen LogP contribution in [-0.4, -0.2) is 37.9 Å². The molecule has 1 aliphatic rings. The minimum atomic E-state index is -0.772. The second kappa shape index (κ2) is 4.73. The maximum absolute atomic E-state index is 11.5. The fraction of sp³-hybridized carbons (Fsp3) is 0.600. The van der Waals surface area contributed by atoms with E-state index in [4.69, 9.17) is 0 Å². The Morgan fingerprint density at radius 1 is 1.67 bits per heavy atom. The van der Waals surface area contributed by atoms with Gasteiger partial charge in [-0.3, -0.25) is 4.79 Å². The smallest absolute Gasteiger partial charge is 0.388 e. The van der Waals surface area contributed by atoms with Gasteiger partial charge in [-0.2, -0.15) is 4.68 Å². The van der Waals surface area contributed by atoms with Crippen molar-refractivity contribution in [3.05, 3.63) is 22.4 Å². The van der Waals surface area contributed by atoms with Gasteiger partial charge in [0.2, 0.25) is 5.91 Å². The van der Waals surface area contributed by atoms with Crippen molar-refractivity contribution in [1.29, 1.82) is 0 Å². The van der Waals surface area contributed by atoms with Gasteiger partial charge in [0, 0.05) is 6.54 Å². The Balaban J connectivity index is 1.81. The lowest BCUT2D eigenvalue weighted by Crippen LogP contribution is -2.48. The van der Waals surface area contributed by atoms with Crippen molar-refractivity contribution in [2.24, 2.45) is 0 Å². The number of nitrogens with zero attached hydrogens (tertiary/aromatic N) is 3. The predicted octanol–water partition coefficient (Wildman–Crippen LogP) is -0.178. The SMILES string of the molecule is O=C(Cn1ccc([N+](=O)[O-])n1)NCC1(O)CCC1. The molecule has 1 aromatic rings. The lowest BCUT2D eigenvalue weighted by Gasteiger charge is -2.36. The Bertz CT molecular complexity index is 466. The zero-order valence-corrected chi connectivity index (χ0v) is 9.70. The third-order valence-corrected chi connectivity index (χ3v) is 3.02. The van der Waals surface area contributed by atoms with Gasteiger partial charge in [-0.25, -0.2) is 0 Å². The Hall–Kier alpha value is -1.96. The second-order valence-corrected chi connectivity index (χ2v) is 4.48. The van der Waals surface area contributed by atoms with Crippen LogP contribution in [0.2, 0.25) is 0 Å². The molecule has 0 radical (unpaired) electrons. The van der Waals surface area contributed by atoms with Gasteiger partial charge in [0.25, 0.3) is 0 Å². The summed E-state index contributed by atoms with van der Waals surface area (Å²) in [5, 5.41) is 26.4. The second-order valence-electron chi connectivity index (χ2n) is 4.48. The molecule has 0 aliphatic heterocycles. The summed E-state index contributed by atoms with van der Waals surface area (Å²) in [5.41, 5.74) is -0.772. The molecule has 1 heterocycles. The van der Waals surface area contributed by atoms with Gasteiger partial charge < -0.3 is 20.5 Å². The van der Waals surface area contributed by atoms with Crippen LogP contribution in [0.25, 0.3) is 0 Å². The maximum atomic E-state index is 11.5. The minimum absolute atomic E-state index is 0.0933. The molecule has 1 amide bonds. The Morgan fingerprint density at radius 2 is 2.39 bits per heavy atom. The van der Waals surface area contributed by atoms with Gasteiger partial charge >= 0.3 is 5.82 Å².